The molecule has 2 aromatic rings. The van der Waals surface area contributed by atoms with Gasteiger partial charge in [0.15, 0.2) is 0 Å². The van der Waals surface area contributed by atoms with Crippen LogP contribution in [0.15, 0.2) is 30.3 Å². The fourth-order valence-corrected chi connectivity index (χ4v) is 3.16. The summed E-state index contributed by atoms with van der Waals surface area (Å²) in [5.74, 6) is -1.10. The summed E-state index contributed by atoms with van der Waals surface area (Å²) in [6.07, 6.45) is 2.37. The first-order valence-corrected chi connectivity index (χ1v) is 6.83. The number of cyclic esters (lactones) is 2. The van der Waals surface area contributed by atoms with Crippen molar-refractivity contribution in [3.63, 3.8) is 0 Å². The molecule has 0 saturated carbocycles. The number of ether oxygens (including phenoxy) is 1. The lowest BCUT2D eigenvalue weighted by atomic mass is 9.96. The van der Waals surface area contributed by atoms with Gasteiger partial charge in [-0.1, -0.05) is 12.1 Å². The predicted molar refractivity (Wildman–Crippen MR) is 75.1 cm³/mol. The van der Waals surface area contributed by atoms with Crippen LogP contribution in [0.2, 0.25) is 0 Å². The van der Waals surface area contributed by atoms with Crippen molar-refractivity contribution in [1.29, 1.82) is 0 Å². The van der Waals surface area contributed by atoms with Crippen LogP contribution in [-0.4, -0.2) is 25.0 Å². The van der Waals surface area contributed by atoms with Crippen LogP contribution in [-0.2, 0) is 4.74 Å². The number of hydrogen-bond acceptors (Lipinski definition) is 4. The summed E-state index contributed by atoms with van der Waals surface area (Å²) < 4.78 is 4.78. The second-order valence-electron chi connectivity index (χ2n) is 5.23. The Balaban J connectivity index is 2.05. The van der Waals surface area contributed by atoms with Gasteiger partial charge >= 0.3 is 11.9 Å². The maximum Gasteiger partial charge on any atom is 0.346 e. The average molecular weight is 267 g/mol. The van der Waals surface area contributed by atoms with E-state index < -0.39 is 11.9 Å². The molecule has 0 aliphatic carbocycles. The van der Waals surface area contributed by atoms with Crippen LogP contribution in [0.5, 0.6) is 0 Å². The Morgan fingerprint density at radius 2 is 1.60 bits per heavy atom. The summed E-state index contributed by atoms with van der Waals surface area (Å²) in [4.78, 5) is 26.0. The highest BCUT2D eigenvalue weighted by molar-refractivity contribution is 6.22. The number of nitrogens with zero attached hydrogens (tertiary/aromatic N) is 1. The van der Waals surface area contributed by atoms with E-state index in [0.717, 1.165) is 29.5 Å². The quantitative estimate of drug-likeness (QED) is 0.589. The number of carbonyl (C=O) groups excluding carboxylic acids is 2. The summed E-state index contributed by atoms with van der Waals surface area (Å²) in [6.45, 7) is 2.05. The summed E-state index contributed by atoms with van der Waals surface area (Å²) >= 11 is 0. The van der Waals surface area contributed by atoms with E-state index in [2.05, 4.69) is 4.90 Å². The van der Waals surface area contributed by atoms with E-state index in [0.29, 0.717) is 11.1 Å². The number of carbonyl (C=O) groups is 2. The number of anilines is 1. The van der Waals surface area contributed by atoms with Gasteiger partial charge in [-0.2, -0.15) is 0 Å². The van der Waals surface area contributed by atoms with Gasteiger partial charge in [0.25, 0.3) is 0 Å². The monoisotopic (exact) mass is 267 g/mol. The third-order valence-electron chi connectivity index (χ3n) is 4.09. The molecule has 0 N–H and O–H groups in total. The van der Waals surface area contributed by atoms with Gasteiger partial charge in [0.1, 0.15) is 0 Å². The van der Waals surface area contributed by atoms with Crippen molar-refractivity contribution in [2.45, 2.75) is 12.8 Å². The van der Waals surface area contributed by atoms with Gasteiger partial charge in [-0.15, -0.1) is 0 Å². The fraction of sp³-hybridized carbons (Fsp3) is 0.250. The van der Waals surface area contributed by atoms with Gasteiger partial charge in [-0.25, -0.2) is 9.59 Å². The second-order valence-corrected chi connectivity index (χ2v) is 5.23. The minimum absolute atomic E-state index is 0.484. The highest BCUT2D eigenvalue weighted by atomic mass is 16.6. The lowest BCUT2D eigenvalue weighted by molar-refractivity contribution is 0.0391. The zero-order valence-electron chi connectivity index (χ0n) is 10.9. The molecule has 0 bridgehead atoms. The van der Waals surface area contributed by atoms with Gasteiger partial charge in [-0.3, -0.25) is 0 Å². The zero-order valence-corrected chi connectivity index (χ0v) is 10.9. The summed E-state index contributed by atoms with van der Waals surface area (Å²) in [5, 5.41) is 1.70. The Labute approximate surface area is 115 Å². The molecule has 0 radical (unpaired) electrons. The van der Waals surface area contributed by atoms with E-state index in [1.807, 2.05) is 18.2 Å². The Morgan fingerprint density at radius 1 is 0.900 bits per heavy atom. The Morgan fingerprint density at radius 3 is 2.35 bits per heavy atom. The Kier molecular flexibility index (Phi) is 2.33. The van der Waals surface area contributed by atoms with Gasteiger partial charge < -0.3 is 9.64 Å². The standard InChI is InChI=1S/C16H13NO3/c18-15-11-5-3-4-10-13(17-8-1-2-9-17)7-6-12(14(10)11)16(19)20-15/h3-7H,1-2,8-9H2. The smallest absolute Gasteiger partial charge is 0.346 e. The molecule has 4 heteroatoms. The molecule has 0 aromatic heterocycles. The van der Waals surface area contributed by atoms with Crippen LogP contribution in [0.4, 0.5) is 5.69 Å². The molecule has 0 amide bonds. The van der Waals surface area contributed by atoms with Crippen molar-refractivity contribution in [2.24, 2.45) is 0 Å². The van der Waals surface area contributed by atoms with Crippen molar-refractivity contribution in [3.05, 3.63) is 41.5 Å². The van der Waals surface area contributed by atoms with Crippen molar-refractivity contribution in [1.82, 2.24) is 0 Å². The molecule has 20 heavy (non-hydrogen) atoms. The molecule has 2 aliphatic heterocycles. The first kappa shape index (κ1) is 11.5. The molecule has 0 atom stereocenters. The van der Waals surface area contributed by atoms with Crippen LogP contribution < -0.4 is 4.90 Å². The van der Waals surface area contributed by atoms with Gasteiger partial charge in [0.05, 0.1) is 11.1 Å². The molecule has 1 fully saturated rings. The molecule has 0 unspecified atom stereocenters. The number of esters is 2. The summed E-state index contributed by atoms with van der Waals surface area (Å²) in [6, 6.07) is 9.27. The Hall–Kier alpha value is -2.36. The van der Waals surface area contributed by atoms with Crippen molar-refractivity contribution in [3.8, 4) is 0 Å². The Bertz CT molecular complexity index is 724. The minimum atomic E-state index is -0.549. The van der Waals surface area contributed by atoms with Crippen LogP contribution in [0, 0.1) is 0 Å². The third kappa shape index (κ3) is 1.48. The van der Waals surface area contributed by atoms with Gasteiger partial charge in [0.2, 0.25) is 0 Å². The highest BCUT2D eigenvalue weighted by Crippen LogP contribution is 2.36. The molecule has 0 spiro atoms. The first-order chi connectivity index (χ1) is 9.75. The number of hydrogen-bond donors (Lipinski definition) is 0. The predicted octanol–water partition coefficient (Wildman–Crippen LogP) is 2.75. The molecular formula is C16H13NO3. The minimum Gasteiger partial charge on any atom is -0.386 e. The van der Waals surface area contributed by atoms with Crippen LogP contribution in [0.25, 0.3) is 10.8 Å². The van der Waals surface area contributed by atoms with E-state index in [4.69, 9.17) is 4.74 Å². The lowest BCUT2D eigenvalue weighted by Crippen LogP contribution is -2.22. The van der Waals surface area contributed by atoms with Crippen LogP contribution in [0.3, 0.4) is 0 Å². The maximum absolute atomic E-state index is 11.9. The van der Waals surface area contributed by atoms with Crippen molar-refractivity contribution < 1.29 is 14.3 Å². The highest BCUT2D eigenvalue weighted by Gasteiger charge is 2.28. The summed E-state index contributed by atoms with van der Waals surface area (Å²) in [7, 11) is 0. The molecule has 4 rings (SSSR count). The topological polar surface area (TPSA) is 46.6 Å². The van der Waals surface area contributed by atoms with Crippen molar-refractivity contribution >= 4 is 28.4 Å². The van der Waals surface area contributed by atoms with E-state index in [9.17, 15) is 9.59 Å². The molecule has 2 heterocycles. The molecule has 2 aromatic carbocycles. The summed E-state index contributed by atoms with van der Waals surface area (Å²) in [5.41, 5.74) is 2.07. The molecule has 2 aliphatic rings. The van der Waals surface area contributed by atoms with E-state index in [1.54, 1.807) is 12.1 Å². The largest absolute Gasteiger partial charge is 0.386 e. The normalized spacial score (nSPS) is 17.7. The zero-order chi connectivity index (χ0) is 13.7. The average Bonchev–Trinajstić information content (AvgIpc) is 2.98. The third-order valence-corrected chi connectivity index (χ3v) is 4.09. The van der Waals surface area contributed by atoms with Crippen LogP contribution in [0.1, 0.15) is 33.6 Å². The van der Waals surface area contributed by atoms with E-state index in [-0.39, 0.29) is 0 Å². The first-order valence-electron chi connectivity index (χ1n) is 6.83. The van der Waals surface area contributed by atoms with E-state index >= 15 is 0 Å². The van der Waals surface area contributed by atoms with E-state index in [1.165, 1.54) is 12.8 Å². The molecule has 4 nitrogen and oxygen atoms in total. The molecule has 100 valence electrons. The van der Waals surface area contributed by atoms with Crippen LogP contribution >= 0.6 is 0 Å². The van der Waals surface area contributed by atoms with Gasteiger partial charge in [-0.05, 0) is 31.0 Å². The second kappa shape index (κ2) is 4.07. The van der Waals surface area contributed by atoms with Crippen molar-refractivity contribution in [2.75, 3.05) is 18.0 Å². The SMILES string of the molecule is O=C1OC(=O)c2ccc(N3CCCC3)c3cccc1c23. The fourth-order valence-electron chi connectivity index (χ4n) is 3.16. The number of rotatable bonds is 1. The number of benzene rings is 2. The molecular weight excluding hydrogens is 254 g/mol. The molecule has 1 saturated heterocycles. The lowest BCUT2D eigenvalue weighted by Gasteiger charge is -2.23. The van der Waals surface area contributed by atoms with Gasteiger partial charge in [0, 0.05) is 29.5 Å². The maximum atomic E-state index is 11.9.